The zero-order valence-electron chi connectivity index (χ0n) is 32.1. The van der Waals surface area contributed by atoms with E-state index in [4.69, 9.17) is 18.9 Å². The summed E-state index contributed by atoms with van der Waals surface area (Å²) in [4.78, 5) is 53.8. The summed E-state index contributed by atoms with van der Waals surface area (Å²) in [5.41, 5.74) is 0.714. The summed E-state index contributed by atoms with van der Waals surface area (Å²) >= 11 is 0. The van der Waals surface area contributed by atoms with Crippen LogP contribution in [0.3, 0.4) is 0 Å². The number of hydrogen-bond acceptors (Lipinski definition) is 12. The fourth-order valence-electron chi connectivity index (χ4n) is 5.13. The van der Waals surface area contributed by atoms with Gasteiger partial charge in [0, 0.05) is 50.1 Å². The quantitative estimate of drug-likeness (QED) is 0.158. The van der Waals surface area contributed by atoms with Gasteiger partial charge in [-0.1, -0.05) is 24.3 Å². The summed E-state index contributed by atoms with van der Waals surface area (Å²) in [7, 11) is 1.33. The number of rotatable bonds is 17. The number of methoxy groups -OCH3 is 1. The molecule has 0 aromatic heterocycles. The molecule has 2 aromatic rings. The number of aryl methyl sites for hydroxylation is 2. The first kappa shape index (κ1) is 43.0. The van der Waals surface area contributed by atoms with Gasteiger partial charge in [0.05, 0.1) is 20.2 Å². The molecule has 0 radical (unpaired) electrons. The minimum absolute atomic E-state index is 0.0320. The van der Waals surface area contributed by atoms with Crippen LogP contribution in [0.25, 0.3) is 0 Å². The van der Waals surface area contributed by atoms with Gasteiger partial charge in [-0.2, -0.15) is 0 Å². The Morgan fingerprint density at radius 1 is 0.569 bits per heavy atom. The van der Waals surface area contributed by atoms with E-state index in [1.54, 1.807) is 77.9 Å². The number of nitrogens with zero attached hydrogens (tertiary/aromatic N) is 2. The topological polar surface area (TPSA) is 152 Å². The Hall–Kier alpha value is -4.16. The number of aromatic hydroxyl groups is 2. The predicted octanol–water partition coefficient (Wildman–Crippen LogP) is 5.47. The van der Waals surface area contributed by atoms with Gasteiger partial charge in [0.15, 0.2) is 0 Å². The van der Waals surface area contributed by atoms with E-state index >= 15 is 0 Å². The molecule has 2 aromatic carbocycles. The summed E-state index contributed by atoms with van der Waals surface area (Å²) in [6.07, 6.45) is 1.16. The number of benzene rings is 2. The molecule has 0 fully saturated rings. The molecule has 2 rings (SSSR count). The first-order valence-electron chi connectivity index (χ1n) is 17.3. The van der Waals surface area contributed by atoms with E-state index in [2.05, 4.69) is 0 Å². The lowest BCUT2D eigenvalue weighted by atomic mass is 10.0. The van der Waals surface area contributed by atoms with Gasteiger partial charge in [-0.15, -0.1) is 0 Å². The van der Waals surface area contributed by atoms with Crippen LogP contribution < -0.4 is 0 Å². The maximum Gasteiger partial charge on any atom is 0.320 e. The molecular formula is C39H58N2O10. The Morgan fingerprint density at radius 3 is 1.27 bits per heavy atom. The zero-order chi connectivity index (χ0) is 38.6. The molecular weight excluding hydrogens is 656 g/mol. The van der Waals surface area contributed by atoms with Crippen molar-refractivity contribution in [3.8, 4) is 11.5 Å². The number of phenolic OH excluding ortho intramolecular Hbond substituents is 2. The van der Waals surface area contributed by atoms with E-state index in [0.29, 0.717) is 24.0 Å². The normalized spacial score (nSPS) is 12.2. The van der Waals surface area contributed by atoms with E-state index in [0.717, 1.165) is 11.1 Å². The predicted molar refractivity (Wildman–Crippen MR) is 193 cm³/mol. The number of esters is 4. The minimum atomic E-state index is -0.717. The van der Waals surface area contributed by atoms with Crippen LogP contribution in [0, 0.1) is 0 Å². The Labute approximate surface area is 303 Å². The van der Waals surface area contributed by atoms with Crippen molar-refractivity contribution < 1.29 is 48.3 Å². The smallest absolute Gasteiger partial charge is 0.320 e. The molecule has 0 saturated heterocycles. The molecule has 0 aliphatic heterocycles. The highest BCUT2D eigenvalue weighted by Crippen LogP contribution is 2.24. The average Bonchev–Trinajstić information content (AvgIpc) is 2.97. The van der Waals surface area contributed by atoms with Crippen LogP contribution >= 0.6 is 0 Å². The number of carbonyl (C=O) groups is 4. The maximum atomic E-state index is 13.1. The van der Waals surface area contributed by atoms with Crippen molar-refractivity contribution in [2.75, 3.05) is 33.3 Å². The van der Waals surface area contributed by atoms with E-state index in [9.17, 15) is 29.4 Å². The summed E-state index contributed by atoms with van der Waals surface area (Å²) in [6, 6.07) is 10.2. The van der Waals surface area contributed by atoms with Crippen molar-refractivity contribution in [3.05, 3.63) is 58.7 Å². The van der Waals surface area contributed by atoms with Crippen LogP contribution in [0.2, 0.25) is 0 Å². The Kier molecular flexibility index (Phi) is 15.9. The van der Waals surface area contributed by atoms with Gasteiger partial charge < -0.3 is 29.2 Å². The third-order valence-electron chi connectivity index (χ3n) is 7.24. The second-order valence-electron chi connectivity index (χ2n) is 15.7. The third-order valence-corrected chi connectivity index (χ3v) is 7.24. The third kappa shape index (κ3) is 18.1. The second kappa shape index (κ2) is 18.9. The van der Waals surface area contributed by atoms with E-state index in [1.807, 2.05) is 30.6 Å². The lowest BCUT2D eigenvalue weighted by molar-refractivity contribution is -0.158. The van der Waals surface area contributed by atoms with Crippen LogP contribution in [-0.4, -0.2) is 94.0 Å². The standard InChI is InChI=1S/C39H58N2O10/c1-37(2,3)49-34(45)18-14-28-12-16-32(43)30(22-28)24-41(26-36(47)51-39(7,8)9)20-19-40(25-35(46)50-38(4,5)6)23-29-21-27(11-15-31(29)42)13-17-33(44)48-10/h11-12,15-16,21-22,42-43H,13-14,17-20,23-26H2,1-10H3. The number of ether oxygens (including phenoxy) is 4. The second-order valence-corrected chi connectivity index (χ2v) is 15.7. The largest absolute Gasteiger partial charge is 0.508 e. The van der Waals surface area contributed by atoms with Crippen LogP contribution in [0.5, 0.6) is 11.5 Å². The summed E-state index contributed by atoms with van der Waals surface area (Å²) in [5.74, 6) is -1.53. The zero-order valence-corrected chi connectivity index (χ0v) is 32.1. The SMILES string of the molecule is COC(=O)CCc1ccc(O)c(CN(CCN(CC(=O)OC(C)(C)C)Cc2cc(CCC(=O)OC(C)(C)C)ccc2O)CC(=O)OC(C)(C)C)c1. The van der Waals surface area contributed by atoms with Gasteiger partial charge in [0.2, 0.25) is 0 Å². The van der Waals surface area contributed by atoms with E-state index in [1.165, 1.54) is 7.11 Å². The van der Waals surface area contributed by atoms with Crippen LogP contribution in [0.15, 0.2) is 36.4 Å². The summed E-state index contributed by atoms with van der Waals surface area (Å²) in [5, 5.41) is 21.6. The van der Waals surface area contributed by atoms with Crippen molar-refractivity contribution in [1.29, 1.82) is 0 Å². The molecule has 0 amide bonds. The molecule has 0 unspecified atom stereocenters. The molecule has 0 atom stereocenters. The molecule has 12 nitrogen and oxygen atoms in total. The van der Waals surface area contributed by atoms with Crippen molar-refractivity contribution in [3.63, 3.8) is 0 Å². The molecule has 51 heavy (non-hydrogen) atoms. The molecule has 0 saturated carbocycles. The van der Waals surface area contributed by atoms with Crippen molar-refractivity contribution in [2.24, 2.45) is 0 Å². The van der Waals surface area contributed by atoms with Gasteiger partial charge in [-0.25, -0.2) is 0 Å². The highest BCUT2D eigenvalue weighted by Gasteiger charge is 2.24. The Balaban J connectivity index is 2.35. The fourth-order valence-corrected chi connectivity index (χ4v) is 5.13. The fraction of sp³-hybridized carbons (Fsp3) is 0.590. The van der Waals surface area contributed by atoms with Gasteiger partial charge in [0.1, 0.15) is 28.3 Å². The van der Waals surface area contributed by atoms with Crippen LogP contribution in [-0.2, 0) is 64.1 Å². The van der Waals surface area contributed by atoms with Crippen molar-refractivity contribution in [1.82, 2.24) is 9.80 Å². The molecule has 0 aliphatic carbocycles. The first-order chi connectivity index (χ1) is 23.5. The average molecular weight is 715 g/mol. The molecule has 0 bridgehead atoms. The lowest BCUT2D eigenvalue weighted by Gasteiger charge is -2.29. The van der Waals surface area contributed by atoms with Gasteiger partial charge in [0.25, 0.3) is 0 Å². The number of phenols is 2. The minimum Gasteiger partial charge on any atom is -0.508 e. The Morgan fingerprint density at radius 2 is 0.922 bits per heavy atom. The highest BCUT2D eigenvalue weighted by molar-refractivity contribution is 5.73. The molecule has 0 heterocycles. The van der Waals surface area contributed by atoms with Crippen molar-refractivity contribution in [2.45, 2.75) is 118 Å². The maximum absolute atomic E-state index is 13.1. The molecule has 12 heteroatoms. The molecule has 284 valence electrons. The van der Waals surface area contributed by atoms with Gasteiger partial charge >= 0.3 is 23.9 Å². The van der Waals surface area contributed by atoms with Crippen molar-refractivity contribution >= 4 is 23.9 Å². The Bertz CT molecular complexity index is 1480. The van der Waals surface area contributed by atoms with Gasteiger partial charge in [-0.3, -0.25) is 29.0 Å². The number of carbonyl (C=O) groups excluding carboxylic acids is 4. The summed E-state index contributed by atoms with van der Waals surface area (Å²) < 4.78 is 21.4. The molecule has 0 aliphatic rings. The summed E-state index contributed by atoms with van der Waals surface area (Å²) in [6.45, 7) is 16.8. The first-order valence-corrected chi connectivity index (χ1v) is 17.3. The van der Waals surface area contributed by atoms with Crippen LogP contribution in [0.4, 0.5) is 0 Å². The van der Waals surface area contributed by atoms with E-state index in [-0.39, 0.29) is 75.5 Å². The van der Waals surface area contributed by atoms with E-state index < -0.39 is 28.7 Å². The van der Waals surface area contributed by atoms with Crippen LogP contribution in [0.1, 0.15) is 97.4 Å². The molecule has 2 N–H and O–H groups in total. The number of hydrogen-bond donors (Lipinski definition) is 2. The lowest BCUT2D eigenvalue weighted by Crippen LogP contribution is -2.41. The monoisotopic (exact) mass is 714 g/mol. The molecule has 0 spiro atoms. The highest BCUT2D eigenvalue weighted by atomic mass is 16.6. The van der Waals surface area contributed by atoms with Gasteiger partial charge in [-0.05, 0) is 98.4 Å².